The van der Waals surface area contributed by atoms with Gasteiger partial charge in [-0.2, -0.15) is 4.31 Å². The van der Waals surface area contributed by atoms with Crippen molar-refractivity contribution in [1.29, 1.82) is 0 Å². The number of anilines is 1. The van der Waals surface area contributed by atoms with Crippen molar-refractivity contribution in [3.05, 3.63) is 95.6 Å². The second-order valence-corrected chi connectivity index (χ2v) is 10.4. The van der Waals surface area contributed by atoms with Gasteiger partial charge in [0, 0.05) is 50.5 Å². The van der Waals surface area contributed by atoms with E-state index in [0.717, 1.165) is 25.2 Å². The van der Waals surface area contributed by atoms with Gasteiger partial charge in [-0.05, 0) is 53.9 Å². The Morgan fingerprint density at radius 3 is 2.03 bits per heavy atom. The lowest BCUT2D eigenvalue weighted by atomic mass is 9.99. The Morgan fingerprint density at radius 2 is 1.33 bits per heavy atom. The molecule has 0 bridgehead atoms. The first kappa shape index (κ1) is 21.7. The molecule has 7 heteroatoms. The molecule has 0 atom stereocenters. The van der Waals surface area contributed by atoms with Crippen molar-refractivity contribution in [2.24, 2.45) is 0 Å². The summed E-state index contributed by atoms with van der Waals surface area (Å²) < 4.78 is 27.1. The van der Waals surface area contributed by atoms with Gasteiger partial charge in [0.1, 0.15) is 0 Å². The van der Waals surface area contributed by atoms with Gasteiger partial charge in [-0.3, -0.25) is 4.79 Å². The number of hydrogen-bond acceptors (Lipinski definition) is 4. The normalized spacial score (nSPS) is 17.0. The highest BCUT2D eigenvalue weighted by molar-refractivity contribution is 7.89. The highest BCUT2D eigenvalue weighted by atomic mass is 32.2. The van der Waals surface area contributed by atoms with Crippen LogP contribution in [0.25, 0.3) is 0 Å². The average molecular weight is 462 g/mol. The molecule has 3 aromatic rings. The summed E-state index contributed by atoms with van der Waals surface area (Å²) in [5.41, 5.74) is 4.51. The Balaban J connectivity index is 1.21. The number of carbonyl (C=O) groups excluding carboxylic acids is 1. The Hall–Kier alpha value is -3.16. The maximum atomic E-state index is 13.0. The summed E-state index contributed by atoms with van der Waals surface area (Å²) in [6, 6.07) is 24.8. The first-order chi connectivity index (χ1) is 16.0. The van der Waals surface area contributed by atoms with Crippen LogP contribution in [0.5, 0.6) is 0 Å². The van der Waals surface area contributed by atoms with E-state index in [1.54, 1.807) is 35.2 Å². The van der Waals surface area contributed by atoms with Gasteiger partial charge in [-0.15, -0.1) is 0 Å². The van der Waals surface area contributed by atoms with Crippen molar-refractivity contribution in [2.45, 2.75) is 17.9 Å². The standard InChI is InChI=1S/C26H27N3O3S/c30-26(27-16-18-29(19-17-27)33(31,32)25-8-2-1-3-9-25)22-10-12-24(13-11-22)28-15-14-21-6-4-5-7-23(21)20-28/h1-13H,14-20H2. The monoisotopic (exact) mass is 461 g/mol. The number of sulfonamides is 1. The lowest BCUT2D eigenvalue weighted by Gasteiger charge is -2.34. The van der Waals surface area contributed by atoms with Gasteiger partial charge in [0.25, 0.3) is 5.91 Å². The van der Waals surface area contributed by atoms with Crippen molar-refractivity contribution in [3.8, 4) is 0 Å². The molecule has 33 heavy (non-hydrogen) atoms. The third-order valence-corrected chi connectivity index (χ3v) is 8.43. The first-order valence-electron chi connectivity index (χ1n) is 11.3. The largest absolute Gasteiger partial charge is 0.367 e. The third-order valence-electron chi connectivity index (χ3n) is 6.52. The van der Waals surface area contributed by atoms with Crippen LogP contribution in [0.4, 0.5) is 5.69 Å². The van der Waals surface area contributed by atoms with E-state index in [1.165, 1.54) is 15.4 Å². The fraction of sp³-hybridized carbons (Fsp3) is 0.269. The fourth-order valence-corrected chi connectivity index (χ4v) is 6.03. The van der Waals surface area contributed by atoms with Crippen LogP contribution in [0.2, 0.25) is 0 Å². The van der Waals surface area contributed by atoms with Crippen LogP contribution in [0.1, 0.15) is 21.5 Å². The summed E-state index contributed by atoms with van der Waals surface area (Å²) in [6.45, 7) is 3.21. The molecule has 0 unspecified atom stereocenters. The minimum Gasteiger partial charge on any atom is -0.367 e. The molecule has 1 amide bonds. The number of hydrogen-bond donors (Lipinski definition) is 0. The zero-order chi connectivity index (χ0) is 22.8. The van der Waals surface area contributed by atoms with Crippen LogP contribution in [-0.2, 0) is 23.0 Å². The van der Waals surface area contributed by atoms with Crippen molar-refractivity contribution in [3.63, 3.8) is 0 Å². The molecule has 0 spiro atoms. The zero-order valence-corrected chi connectivity index (χ0v) is 19.2. The van der Waals surface area contributed by atoms with E-state index < -0.39 is 10.0 Å². The summed E-state index contributed by atoms with van der Waals surface area (Å²) in [4.78, 5) is 17.4. The molecule has 2 aliphatic rings. The number of fused-ring (bicyclic) bond motifs is 1. The molecule has 1 saturated heterocycles. The number of piperazine rings is 1. The first-order valence-corrected chi connectivity index (χ1v) is 12.7. The molecule has 170 valence electrons. The van der Waals surface area contributed by atoms with E-state index in [-0.39, 0.29) is 5.91 Å². The predicted octanol–water partition coefficient (Wildman–Crippen LogP) is 3.40. The molecule has 0 N–H and O–H groups in total. The minimum atomic E-state index is -3.53. The van der Waals surface area contributed by atoms with Gasteiger partial charge in [-0.25, -0.2) is 8.42 Å². The molecule has 6 nitrogen and oxygen atoms in total. The molecule has 0 saturated carbocycles. The van der Waals surface area contributed by atoms with Crippen LogP contribution in [0, 0.1) is 0 Å². The maximum absolute atomic E-state index is 13.0. The van der Waals surface area contributed by atoms with Crippen LogP contribution in [0.3, 0.4) is 0 Å². The van der Waals surface area contributed by atoms with Gasteiger partial charge >= 0.3 is 0 Å². The number of rotatable bonds is 4. The molecule has 2 heterocycles. The molecule has 0 aliphatic carbocycles. The van der Waals surface area contributed by atoms with E-state index in [9.17, 15) is 13.2 Å². The van der Waals surface area contributed by atoms with E-state index in [4.69, 9.17) is 0 Å². The van der Waals surface area contributed by atoms with Gasteiger partial charge in [0.2, 0.25) is 10.0 Å². The van der Waals surface area contributed by atoms with Crippen molar-refractivity contribution in [1.82, 2.24) is 9.21 Å². The molecular weight excluding hydrogens is 434 g/mol. The van der Waals surface area contributed by atoms with Gasteiger partial charge < -0.3 is 9.80 Å². The van der Waals surface area contributed by atoms with E-state index >= 15 is 0 Å². The van der Waals surface area contributed by atoms with Crippen LogP contribution in [-0.4, -0.2) is 56.3 Å². The molecule has 5 rings (SSSR count). The Labute approximate surface area is 195 Å². The quantitative estimate of drug-likeness (QED) is 0.598. The van der Waals surface area contributed by atoms with Crippen LogP contribution >= 0.6 is 0 Å². The lowest BCUT2D eigenvalue weighted by molar-refractivity contribution is 0.0698. The van der Waals surface area contributed by atoms with Crippen LogP contribution in [0.15, 0.2) is 83.8 Å². The average Bonchev–Trinajstić information content (AvgIpc) is 2.88. The Bertz CT molecular complexity index is 1240. The smallest absolute Gasteiger partial charge is 0.253 e. The number of amides is 1. The summed E-state index contributed by atoms with van der Waals surface area (Å²) in [5, 5.41) is 0. The fourth-order valence-electron chi connectivity index (χ4n) is 4.59. The topological polar surface area (TPSA) is 60.9 Å². The molecule has 2 aliphatic heterocycles. The molecule has 0 aromatic heterocycles. The summed E-state index contributed by atoms with van der Waals surface area (Å²) >= 11 is 0. The molecular formula is C26H27N3O3S. The minimum absolute atomic E-state index is 0.0534. The van der Waals surface area contributed by atoms with Gasteiger partial charge in [-0.1, -0.05) is 42.5 Å². The number of benzene rings is 3. The van der Waals surface area contributed by atoms with Crippen LogP contribution < -0.4 is 4.90 Å². The molecule has 0 radical (unpaired) electrons. The second kappa shape index (κ2) is 9.00. The highest BCUT2D eigenvalue weighted by Crippen LogP contribution is 2.25. The van der Waals surface area contributed by atoms with Gasteiger partial charge in [0.15, 0.2) is 0 Å². The molecule has 3 aromatic carbocycles. The second-order valence-electron chi connectivity index (χ2n) is 8.50. The third kappa shape index (κ3) is 4.38. The summed E-state index contributed by atoms with van der Waals surface area (Å²) in [5.74, 6) is -0.0534. The van der Waals surface area contributed by atoms with Crippen molar-refractivity contribution in [2.75, 3.05) is 37.6 Å². The van der Waals surface area contributed by atoms with Gasteiger partial charge in [0.05, 0.1) is 4.90 Å². The molecule has 1 fully saturated rings. The Kier molecular flexibility index (Phi) is 5.91. The number of nitrogens with zero attached hydrogens (tertiary/aromatic N) is 3. The zero-order valence-electron chi connectivity index (χ0n) is 18.4. The van der Waals surface area contributed by atoms with Crippen molar-refractivity contribution < 1.29 is 13.2 Å². The van der Waals surface area contributed by atoms with Crippen molar-refractivity contribution >= 4 is 21.6 Å². The van der Waals surface area contributed by atoms with E-state index in [1.807, 2.05) is 24.3 Å². The maximum Gasteiger partial charge on any atom is 0.253 e. The van der Waals surface area contributed by atoms with E-state index in [0.29, 0.717) is 36.6 Å². The summed E-state index contributed by atoms with van der Waals surface area (Å²) in [7, 11) is -3.53. The summed E-state index contributed by atoms with van der Waals surface area (Å²) in [6.07, 6.45) is 1.02. The Morgan fingerprint density at radius 1 is 0.697 bits per heavy atom. The van der Waals surface area contributed by atoms with E-state index in [2.05, 4.69) is 29.2 Å². The highest BCUT2D eigenvalue weighted by Gasteiger charge is 2.30. The SMILES string of the molecule is O=C(c1ccc(N2CCc3ccccc3C2)cc1)N1CCN(S(=O)(=O)c2ccccc2)CC1. The lowest BCUT2D eigenvalue weighted by Crippen LogP contribution is -2.50. The number of carbonyl (C=O) groups is 1. The predicted molar refractivity (Wildman–Crippen MR) is 129 cm³/mol.